The molecule has 0 fully saturated rings. The van der Waals surface area contributed by atoms with E-state index in [9.17, 15) is 13.2 Å². The van der Waals surface area contributed by atoms with Gasteiger partial charge in [0.25, 0.3) is 0 Å². The summed E-state index contributed by atoms with van der Waals surface area (Å²) in [5, 5.41) is 0. The van der Waals surface area contributed by atoms with E-state index in [2.05, 4.69) is 4.98 Å². The normalized spacial score (nSPS) is 16.4. The number of benzene rings is 1. The van der Waals surface area contributed by atoms with Crippen molar-refractivity contribution in [1.29, 1.82) is 0 Å². The fourth-order valence-corrected chi connectivity index (χ4v) is 3.07. The van der Waals surface area contributed by atoms with Gasteiger partial charge in [-0.3, -0.25) is 0 Å². The van der Waals surface area contributed by atoms with Gasteiger partial charge in [-0.25, -0.2) is 8.78 Å². The predicted octanol–water partition coefficient (Wildman–Crippen LogP) is 3.06. The zero-order chi connectivity index (χ0) is 15.9. The maximum Gasteiger partial charge on any atom is 0.203 e. The Balaban J connectivity index is 0.00000192. The molecule has 126 valence electrons. The van der Waals surface area contributed by atoms with Crippen molar-refractivity contribution in [1.82, 2.24) is 9.55 Å². The van der Waals surface area contributed by atoms with Crippen LogP contribution in [0, 0.1) is 22.2 Å². The summed E-state index contributed by atoms with van der Waals surface area (Å²) in [6.07, 6.45) is 2.67. The number of rotatable bonds is 3. The molecule has 1 atom stereocenters. The van der Waals surface area contributed by atoms with E-state index < -0.39 is 17.5 Å². The fourth-order valence-electron chi connectivity index (χ4n) is 2.75. The van der Waals surface area contributed by atoms with Crippen LogP contribution in [0.5, 0.6) is 5.75 Å². The monoisotopic (exact) mass is 365 g/mol. The second kappa shape index (κ2) is 6.94. The average Bonchev–Trinajstić information content (AvgIpc) is 2.86. The van der Waals surface area contributed by atoms with E-state index in [0.717, 1.165) is 11.8 Å². The van der Waals surface area contributed by atoms with Crippen LogP contribution >= 0.6 is 24.6 Å². The molecular formula is C14H15ClF3N3OS. The summed E-state index contributed by atoms with van der Waals surface area (Å²) in [5.74, 6) is -4.24. The summed E-state index contributed by atoms with van der Waals surface area (Å²) in [4.78, 5) is 2.93. The lowest BCUT2D eigenvalue weighted by Crippen LogP contribution is -2.27. The molecule has 23 heavy (non-hydrogen) atoms. The highest BCUT2D eigenvalue weighted by molar-refractivity contribution is 7.71. The summed E-state index contributed by atoms with van der Waals surface area (Å²) < 4.78 is 48.0. The number of H-pyrrole nitrogens is 1. The zero-order valence-corrected chi connectivity index (χ0v) is 13.6. The third-order valence-electron chi connectivity index (χ3n) is 3.73. The van der Waals surface area contributed by atoms with Gasteiger partial charge in [0, 0.05) is 30.3 Å². The molecule has 2 aromatic rings. The van der Waals surface area contributed by atoms with Crippen molar-refractivity contribution in [3.63, 3.8) is 0 Å². The van der Waals surface area contributed by atoms with E-state index in [4.69, 9.17) is 22.7 Å². The van der Waals surface area contributed by atoms with Gasteiger partial charge >= 0.3 is 0 Å². The maximum atomic E-state index is 13.7. The fraction of sp³-hybridized carbons (Fsp3) is 0.357. The number of aromatic nitrogens is 2. The smallest absolute Gasteiger partial charge is 0.203 e. The first-order chi connectivity index (χ1) is 10.5. The summed E-state index contributed by atoms with van der Waals surface area (Å²) in [6, 6.07) is 0.746. The van der Waals surface area contributed by atoms with Crippen molar-refractivity contribution in [2.24, 2.45) is 5.73 Å². The van der Waals surface area contributed by atoms with Gasteiger partial charge < -0.3 is 20.0 Å². The minimum atomic E-state index is -1.51. The molecule has 1 aromatic carbocycles. The minimum absolute atomic E-state index is 0. The molecule has 0 radical (unpaired) electrons. The molecule has 0 saturated heterocycles. The van der Waals surface area contributed by atoms with E-state index in [1.807, 2.05) is 4.57 Å². The number of ether oxygens (including phenoxy) is 1. The number of nitrogens with two attached hydrogens (primary N) is 1. The second-order valence-electron chi connectivity index (χ2n) is 5.14. The Morgan fingerprint density at radius 3 is 2.78 bits per heavy atom. The van der Waals surface area contributed by atoms with Crippen LogP contribution in [-0.2, 0) is 12.8 Å². The topological polar surface area (TPSA) is 56.0 Å². The van der Waals surface area contributed by atoms with Crippen molar-refractivity contribution in [2.45, 2.75) is 18.9 Å². The standard InChI is InChI=1S/C14H14F3N3OS.ClH/c15-10-4-7-3-9(6-21-13(7)12(17)11(10)16)20-8(1-2-18)5-19-14(20)22;/h4-5,9H,1-3,6,18H2,(H,19,22);1H/t9-;/m0./s1. The molecule has 3 rings (SSSR count). The third-order valence-corrected chi connectivity index (χ3v) is 4.04. The molecule has 0 spiro atoms. The van der Waals surface area contributed by atoms with Crippen LogP contribution in [0.3, 0.4) is 0 Å². The zero-order valence-electron chi connectivity index (χ0n) is 11.9. The second-order valence-corrected chi connectivity index (χ2v) is 5.52. The number of hydrogen-bond donors (Lipinski definition) is 2. The van der Waals surface area contributed by atoms with E-state index in [-0.39, 0.29) is 36.4 Å². The average molecular weight is 366 g/mol. The summed E-state index contributed by atoms with van der Waals surface area (Å²) >= 11 is 5.24. The number of nitrogens with zero attached hydrogens (tertiary/aromatic N) is 1. The van der Waals surface area contributed by atoms with Crippen LogP contribution in [0.2, 0.25) is 0 Å². The quantitative estimate of drug-likeness (QED) is 0.649. The molecule has 0 amide bonds. The Kier molecular flexibility index (Phi) is 5.38. The first-order valence-corrected chi connectivity index (χ1v) is 7.21. The first kappa shape index (κ1) is 17.8. The molecule has 0 unspecified atom stereocenters. The Morgan fingerprint density at radius 2 is 2.09 bits per heavy atom. The van der Waals surface area contributed by atoms with Crippen LogP contribution in [0.1, 0.15) is 17.3 Å². The largest absolute Gasteiger partial charge is 0.488 e. The molecule has 4 nitrogen and oxygen atoms in total. The molecule has 1 aliphatic heterocycles. The highest BCUT2D eigenvalue weighted by Gasteiger charge is 2.29. The van der Waals surface area contributed by atoms with Crippen molar-refractivity contribution in [2.75, 3.05) is 13.2 Å². The van der Waals surface area contributed by atoms with Gasteiger partial charge in [0.1, 0.15) is 6.61 Å². The lowest BCUT2D eigenvalue weighted by atomic mass is 10.0. The number of nitrogens with one attached hydrogen (secondary N) is 1. The van der Waals surface area contributed by atoms with Crippen molar-refractivity contribution in [3.05, 3.63) is 45.7 Å². The van der Waals surface area contributed by atoms with E-state index in [1.165, 1.54) is 0 Å². The summed E-state index contributed by atoms with van der Waals surface area (Å²) in [7, 11) is 0. The molecule has 1 aliphatic rings. The van der Waals surface area contributed by atoms with Crippen LogP contribution in [-0.4, -0.2) is 22.7 Å². The van der Waals surface area contributed by atoms with Gasteiger partial charge in [-0.15, -0.1) is 12.4 Å². The lowest BCUT2D eigenvalue weighted by Gasteiger charge is -2.28. The number of halogens is 4. The van der Waals surface area contributed by atoms with Crippen LogP contribution < -0.4 is 10.5 Å². The van der Waals surface area contributed by atoms with E-state index in [0.29, 0.717) is 24.2 Å². The molecule has 0 saturated carbocycles. The van der Waals surface area contributed by atoms with Crippen molar-refractivity contribution in [3.8, 4) is 5.75 Å². The highest BCUT2D eigenvalue weighted by Crippen LogP contribution is 2.35. The highest BCUT2D eigenvalue weighted by atomic mass is 35.5. The van der Waals surface area contributed by atoms with Gasteiger partial charge in [-0.1, -0.05) is 0 Å². The Bertz CT molecular complexity index is 777. The van der Waals surface area contributed by atoms with Crippen LogP contribution in [0.4, 0.5) is 13.2 Å². The Hall–Kier alpha value is -1.51. The molecule has 2 heterocycles. The molecule has 9 heteroatoms. The van der Waals surface area contributed by atoms with Crippen LogP contribution in [0.15, 0.2) is 12.3 Å². The van der Waals surface area contributed by atoms with Gasteiger partial charge in [0.05, 0.1) is 6.04 Å². The van der Waals surface area contributed by atoms with Gasteiger partial charge in [0.2, 0.25) is 5.82 Å². The number of imidazole rings is 1. The van der Waals surface area contributed by atoms with E-state index >= 15 is 0 Å². The van der Waals surface area contributed by atoms with Crippen molar-refractivity contribution >= 4 is 24.6 Å². The number of aromatic amines is 1. The summed E-state index contributed by atoms with van der Waals surface area (Å²) in [6.45, 7) is 0.573. The van der Waals surface area contributed by atoms with Gasteiger partial charge in [-0.2, -0.15) is 4.39 Å². The first-order valence-electron chi connectivity index (χ1n) is 6.81. The lowest BCUT2D eigenvalue weighted by molar-refractivity contribution is 0.206. The van der Waals surface area contributed by atoms with E-state index in [1.54, 1.807) is 6.20 Å². The third kappa shape index (κ3) is 3.11. The summed E-state index contributed by atoms with van der Waals surface area (Å²) in [5.41, 5.74) is 6.75. The Labute approximate surface area is 141 Å². The van der Waals surface area contributed by atoms with Gasteiger partial charge in [0.15, 0.2) is 22.2 Å². The molecule has 1 aromatic heterocycles. The number of hydrogen-bond acceptors (Lipinski definition) is 3. The number of fused-ring (bicyclic) bond motifs is 1. The maximum absolute atomic E-state index is 13.7. The Morgan fingerprint density at radius 1 is 1.35 bits per heavy atom. The minimum Gasteiger partial charge on any atom is -0.488 e. The molecule has 0 bridgehead atoms. The predicted molar refractivity (Wildman–Crippen MR) is 84.2 cm³/mol. The molecule has 0 aliphatic carbocycles. The van der Waals surface area contributed by atoms with Crippen molar-refractivity contribution < 1.29 is 17.9 Å². The molecular weight excluding hydrogens is 351 g/mol. The molecule has 3 N–H and O–H groups in total. The van der Waals surface area contributed by atoms with Gasteiger partial charge in [-0.05, 0) is 24.8 Å². The SMILES string of the molecule is Cl.NCCc1c[nH]c(=S)n1[C@@H]1COc2c(cc(F)c(F)c2F)C1. The van der Waals surface area contributed by atoms with Crippen LogP contribution in [0.25, 0.3) is 0 Å².